The summed E-state index contributed by atoms with van der Waals surface area (Å²) >= 11 is 0. The molecule has 2 aliphatic rings. The Labute approximate surface area is 239 Å². The van der Waals surface area contributed by atoms with Gasteiger partial charge in [0.05, 0.1) is 41.5 Å². The first-order valence-electron chi connectivity index (χ1n) is 13.7. The van der Waals surface area contributed by atoms with Gasteiger partial charge in [-0.3, -0.25) is 9.78 Å². The second kappa shape index (κ2) is 10.3. The number of aryl methyl sites for hydroxylation is 1. The molecule has 42 heavy (non-hydrogen) atoms. The molecule has 0 saturated heterocycles. The van der Waals surface area contributed by atoms with Gasteiger partial charge in [0.1, 0.15) is 29.0 Å². The summed E-state index contributed by atoms with van der Waals surface area (Å²) < 4.78 is 50.0. The van der Waals surface area contributed by atoms with Crippen LogP contribution in [0.15, 0.2) is 60.8 Å². The van der Waals surface area contributed by atoms with Crippen LogP contribution in [0.5, 0.6) is 0 Å². The van der Waals surface area contributed by atoms with Crippen molar-refractivity contribution in [3.63, 3.8) is 0 Å². The fraction of sp³-hybridized carbons (Fsp3) is 0.219. The molecule has 0 spiro atoms. The number of halogens is 3. The molecule has 0 saturated carbocycles. The fourth-order valence-corrected chi connectivity index (χ4v) is 6.11. The first-order valence-corrected chi connectivity index (χ1v) is 13.7. The van der Waals surface area contributed by atoms with Crippen molar-refractivity contribution in [3.05, 3.63) is 112 Å². The molecule has 0 fully saturated rings. The minimum absolute atomic E-state index is 0.0739. The maximum atomic E-state index is 15.6. The number of H-pyrrole nitrogens is 1. The molecule has 7 nitrogen and oxygen atoms in total. The Kier molecular flexibility index (Phi) is 6.42. The van der Waals surface area contributed by atoms with Crippen LogP contribution in [0, 0.1) is 17.5 Å². The lowest BCUT2D eigenvalue weighted by Crippen LogP contribution is -2.37. The van der Waals surface area contributed by atoms with Crippen LogP contribution >= 0.6 is 0 Å². The number of nitrogens with one attached hydrogen (secondary N) is 1. The highest BCUT2D eigenvalue weighted by Gasteiger charge is 2.33. The summed E-state index contributed by atoms with van der Waals surface area (Å²) in [4.78, 5) is 28.2. The van der Waals surface area contributed by atoms with E-state index < -0.39 is 23.5 Å². The van der Waals surface area contributed by atoms with E-state index in [4.69, 9.17) is 10.5 Å². The molecular formula is C32H26F3N5O2. The first kappa shape index (κ1) is 26.2. The Balaban J connectivity index is 1.30. The van der Waals surface area contributed by atoms with Crippen LogP contribution in [0.1, 0.15) is 57.3 Å². The third-order valence-corrected chi connectivity index (χ3v) is 8.18. The Bertz CT molecular complexity index is 1850. The summed E-state index contributed by atoms with van der Waals surface area (Å²) in [5, 5.41) is 0. The number of fused-ring (bicyclic) bond motifs is 4. The van der Waals surface area contributed by atoms with Crippen molar-refractivity contribution in [3.8, 4) is 11.1 Å². The molecule has 0 radical (unpaired) electrons. The highest BCUT2D eigenvalue weighted by molar-refractivity contribution is 5.98. The number of amides is 1. The van der Waals surface area contributed by atoms with E-state index in [0.29, 0.717) is 36.5 Å². The SMILES string of the molecule is Nc1nc2cc(C(=O)N(Cc3ccc(-c4c(F)cccc4F)cc3F)[C@@H]3CCCc4cccnc43)[nH]c2c2c1COC2. The van der Waals surface area contributed by atoms with Gasteiger partial charge in [-0.05, 0) is 60.7 Å². The highest BCUT2D eigenvalue weighted by atomic mass is 19.1. The molecule has 4 heterocycles. The van der Waals surface area contributed by atoms with Gasteiger partial charge in [0.15, 0.2) is 0 Å². The van der Waals surface area contributed by atoms with Crippen LogP contribution in [-0.4, -0.2) is 25.8 Å². The Morgan fingerprint density at radius 3 is 2.64 bits per heavy atom. The zero-order chi connectivity index (χ0) is 29.0. The van der Waals surface area contributed by atoms with Gasteiger partial charge in [0.25, 0.3) is 5.91 Å². The first-order chi connectivity index (χ1) is 20.4. The summed E-state index contributed by atoms with van der Waals surface area (Å²) in [5.74, 6) is -2.23. The molecule has 7 rings (SSSR count). The minimum Gasteiger partial charge on any atom is -0.383 e. The summed E-state index contributed by atoms with van der Waals surface area (Å²) in [7, 11) is 0. The average molecular weight is 570 g/mol. The number of aromatic nitrogens is 3. The fourth-order valence-electron chi connectivity index (χ4n) is 6.11. The van der Waals surface area contributed by atoms with Gasteiger partial charge in [-0.15, -0.1) is 0 Å². The van der Waals surface area contributed by atoms with Gasteiger partial charge in [-0.1, -0.05) is 24.3 Å². The average Bonchev–Trinajstić information content (AvgIpc) is 3.64. The smallest absolute Gasteiger partial charge is 0.271 e. The molecule has 10 heteroatoms. The van der Waals surface area contributed by atoms with Gasteiger partial charge in [-0.25, -0.2) is 18.2 Å². The van der Waals surface area contributed by atoms with E-state index in [0.717, 1.165) is 53.4 Å². The summed E-state index contributed by atoms with van der Waals surface area (Å²) in [6.45, 7) is 0.628. The quantitative estimate of drug-likeness (QED) is 0.256. The zero-order valence-electron chi connectivity index (χ0n) is 22.5. The molecule has 2 aromatic carbocycles. The largest absolute Gasteiger partial charge is 0.383 e. The molecule has 212 valence electrons. The summed E-state index contributed by atoms with van der Waals surface area (Å²) in [6, 6.07) is 12.7. The van der Waals surface area contributed by atoms with Crippen LogP contribution < -0.4 is 5.73 Å². The number of nitrogen functional groups attached to an aromatic ring is 1. The van der Waals surface area contributed by atoms with E-state index in [1.165, 1.54) is 18.2 Å². The Hall–Kier alpha value is -4.70. The van der Waals surface area contributed by atoms with Crippen LogP contribution in [0.25, 0.3) is 22.2 Å². The van der Waals surface area contributed by atoms with Gasteiger partial charge >= 0.3 is 0 Å². The molecule has 1 atom stereocenters. The monoisotopic (exact) mass is 569 g/mol. The van der Waals surface area contributed by atoms with E-state index in [2.05, 4.69) is 15.0 Å². The minimum atomic E-state index is -0.784. The standard InChI is InChI=1S/C32H26F3N5O2/c33-22-6-2-7-23(34)28(22)18-9-10-19(24(35)12-18)14-40(27-8-1-4-17-5-3-11-37-29(17)27)32(41)26-13-25-30(38-26)20-15-42-16-21(20)31(36)39-25/h2-3,5-7,9-13,27,38H,1,4,8,14-16H2,(H2,36,39)/t27-/m1/s1. The van der Waals surface area contributed by atoms with E-state index in [1.807, 2.05) is 12.1 Å². The topological polar surface area (TPSA) is 97.1 Å². The van der Waals surface area contributed by atoms with Gasteiger partial charge < -0.3 is 20.4 Å². The molecule has 0 unspecified atom stereocenters. The Morgan fingerprint density at radius 2 is 1.83 bits per heavy atom. The van der Waals surface area contributed by atoms with E-state index in [-0.39, 0.29) is 34.8 Å². The van der Waals surface area contributed by atoms with Crippen LogP contribution in [-0.2, 0) is 30.9 Å². The van der Waals surface area contributed by atoms with Crippen LogP contribution in [0.4, 0.5) is 19.0 Å². The molecule has 3 N–H and O–H groups in total. The van der Waals surface area contributed by atoms with Gasteiger partial charge in [0.2, 0.25) is 0 Å². The van der Waals surface area contributed by atoms with Crippen LogP contribution in [0.3, 0.4) is 0 Å². The predicted octanol–water partition coefficient (Wildman–Crippen LogP) is 6.37. The number of nitrogens with two attached hydrogens (primary N) is 1. The number of aromatic amines is 1. The predicted molar refractivity (Wildman–Crippen MR) is 151 cm³/mol. The number of anilines is 1. The van der Waals surface area contributed by atoms with Crippen molar-refractivity contribution in [1.82, 2.24) is 19.9 Å². The second-order valence-electron chi connectivity index (χ2n) is 10.7. The summed E-state index contributed by atoms with van der Waals surface area (Å²) in [5.41, 5.74) is 11.1. The van der Waals surface area contributed by atoms with Crippen molar-refractivity contribution in [1.29, 1.82) is 0 Å². The third-order valence-electron chi connectivity index (χ3n) is 8.18. The normalized spacial score (nSPS) is 15.9. The highest BCUT2D eigenvalue weighted by Crippen LogP contribution is 2.37. The van der Waals surface area contributed by atoms with Gasteiger partial charge in [0, 0.05) is 29.4 Å². The summed E-state index contributed by atoms with van der Waals surface area (Å²) in [6.07, 6.45) is 4.00. The van der Waals surface area contributed by atoms with Crippen molar-refractivity contribution in [2.75, 3.05) is 5.73 Å². The molecule has 0 bridgehead atoms. The third kappa shape index (κ3) is 4.39. The lowest BCUT2D eigenvalue weighted by molar-refractivity contribution is 0.0625. The van der Waals surface area contributed by atoms with Crippen molar-refractivity contribution < 1.29 is 22.7 Å². The number of hydrogen-bond acceptors (Lipinski definition) is 5. The van der Waals surface area contributed by atoms with Crippen molar-refractivity contribution >= 4 is 22.8 Å². The van der Waals surface area contributed by atoms with Crippen molar-refractivity contribution in [2.24, 2.45) is 0 Å². The maximum Gasteiger partial charge on any atom is 0.271 e. The zero-order valence-corrected chi connectivity index (χ0v) is 22.5. The lowest BCUT2D eigenvalue weighted by Gasteiger charge is -2.35. The number of benzene rings is 2. The van der Waals surface area contributed by atoms with Crippen molar-refractivity contribution in [2.45, 2.75) is 45.1 Å². The van der Waals surface area contributed by atoms with E-state index >= 15 is 4.39 Å². The number of hydrogen-bond donors (Lipinski definition) is 2. The number of pyridine rings is 2. The lowest BCUT2D eigenvalue weighted by atomic mass is 9.90. The molecule has 3 aromatic heterocycles. The molecular weight excluding hydrogens is 543 g/mol. The number of rotatable bonds is 5. The molecule has 1 aliphatic heterocycles. The van der Waals surface area contributed by atoms with Crippen LogP contribution in [0.2, 0.25) is 0 Å². The Morgan fingerprint density at radius 1 is 1.02 bits per heavy atom. The van der Waals surface area contributed by atoms with E-state index in [9.17, 15) is 13.6 Å². The number of carbonyl (C=O) groups excluding carboxylic acids is 1. The molecule has 5 aromatic rings. The van der Waals surface area contributed by atoms with Gasteiger partial charge in [-0.2, -0.15) is 0 Å². The van der Waals surface area contributed by atoms with E-state index in [1.54, 1.807) is 17.2 Å². The number of carbonyl (C=O) groups is 1. The second-order valence-corrected chi connectivity index (χ2v) is 10.7. The maximum absolute atomic E-state index is 15.6. The molecule has 1 aliphatic carbocycles. The number of nitrogens with zero attached hydrogens (tertiary/aromatic N) is 3. The molecule has 1 amide bonds. The number of ether oxygens (including phenoxy) is 1.